The monoisotopic (exact) mass is 474 g/mol. The van der Waals surface area contributed by atoms with Crippen molar-refractivity contribution in [3.8, 4) is 17.2 Å². The number of aliphatic hydroxyl groups is 3. The second-order valence-corrected chi connectivity index (χ2v) is 7.61. The highest BCUT2D eigenvalue weighted by Crippen LogP contribution is 2.29. The number of Topliss-reactive ketones (excluding diaryl/α,β-unsaturated/α-hetero) is 1. The first-order valence-electron chi connectivity index (χ1n) is 10.4. The van der Waals surface area contributed by atoms with Gasteiger partial charge >= 0.3 is 5.97 Å². The lowest BCUT2D eigenvalue weighted by Crippen LogP contribution is -2.60. The Hall–Kier alpha value is -3.44. The molecule has 0 spiro atoms. The van der Waals surface area contributed by atoms with Gasteiger partial charge < -0.3 is 39.4 Å². The van der Waals surface area contributed by atoms with Crippen molar-refractivity contribution in [2.75, 3.05) is 13.7 Å². The van der Waals surface area contributed by atoms with Crippen LogP contribution in [0.5, 0.6) is 17.2 Å². The second-order valence-electron chi connectivity index (χ2n) is 7.61. The van der Waals surface area contributed by atoms with Crippen molar-refractivity contribution >= 4 is 17.8 Å². The summed E-state index contributed by atoms with van der Waals surface area (Å²) in [5, 5.41) is 40.0. The minimum atomic E-state index is -1.63. The Balaban J connectivity index is 1.63. The van der Waals surface area contributed by atoms with Crippen LogP contribution in [-0.2, 0) is 14.3 Å². The molecule has 2 aromatic carbocycles. The van der Waals surface area contributed by atoms with E-state index < -0.39 is 43.3 Å². The molecule has 10 nitrogen and oxygen atoms in total. The summed E-state index contributed by atoms with van der Waals surface area (Å²) < 4.78 is 21.4. The van der Waals surface area contributed by atoms with E-state index in [-0.39, 0.29) is 23.0 Å². The SMILES string of the molecule is COc1cc(O[C@H]2O[C@@H](COC(=O)/C=C\c3ccc(O)cc3)[C@@H](O)[C@H](O)[C@H]2O)ccc1C(C)=O. The van der Waals surface area contributed by atoms with Crippen molar-refractivity contribution in [2.24, 2.45) is 0 Å². The molecule has 4 N–H and O–H groups in total. The third kappa shape index (κ3) is 6.12. The third-order valence-electron chi connectivity index (χ3n) is 5.17. The van der Waals surface area contributed by atoms with Gasteiger partial charge in [0.05, 0.1) is 12.7 Å². The van der Waals surface area contributed by atoms with Crippen LogP contribution in [0.1, 0.15) is 22.8 Å². The number of carbonyl (C=O) groups excluding carboxylic acids is 2. The quantitative estimate of drug-likeness (QED) is 0.248. The van der Waals surface area contributed by atoms with E-state index >= 15 is 0 Å². The molecular weight excluding hydrogens is 448 g/mol. The van der Waals surface area contributed by atoms with Crippen LogP contribution >= 0.6 is 0 Å². The van der Waals surface area contributed by atoms with Gasteiger partial charge in [0, 0.05) is 12.1 Å². The summed E-state index contributed by atoms with van der Waals surface area (Å²) in [6, 6.07) is 10.5. The zero-order chi connectivity index (χ0) is 24.8. The van der Waals surface area contributed by atoms with Crippen LogP contribution in [-0.4, -0.2) is 76.6 Å². The van der Waals surface area contributed by atoms with Crippen molar-refractivity contribution in [1.29, 1.82) is 0 Å². The number of carbonyl (C=O) groups is 2. The second kappa shape index (κ2) is 11.1. The Morgan fingerprint density at radius 1 is 1.03 bits per heavy atom. The van der Waals surface area contributed by atoms with Gasteiger partial charge in [0.15, 0.2) is 5.78 Å². The van der Waals surface area contributed by atoms with Crippen molar-refractivity contribution < 1.29 is 49.0 Å². The standard InChI is InChI=1S/C24H26O10/c1-13(25)17-9-8-16(11-18(17)31-2)33-24-23(30)22(29)21(28)19(34-24)12-32-20(27)10-5-14-3-6-15(26)7-4-14/h3-11,19,21-24,26,28-30H,12H2,1-2H3/b10-5-/t19-,21+,22-,23+,24-/m0/s1. The summed E-state index contributed by atoms with van der Waals surface area (Å²) in [7, 11) is 1.39. The summed E-state index contributed by atoms with van der Waals surface area (Å²) in [5.41, 5.74) is 0.988. The van der Waals surface area contributed by atoms with Gasteiger partial charge in [-0.1, -0.05) is 12.1 Å². The van der Waals surface area contributed by atoms with Gasteiger partial charge in [-0.25, -0.2) is 4.79 Å². The fraction of sp³-hybridized carbons (Fsp3) is 0.333. The normalized spacial score (nSPS) is 24.6. The Labute approximate surface area is 195 Å². The highest BCUT2D eigenvalue weighted by atomic mass is 16.7. The van der Waals surface area contributed by atoms with Gasteiger partial charge in [-0.3, -0.25) is 4.79 Å². The maximum Gasteiger partial charge on any atom is 0.330 e. The molecule has 0 bridgehead atoms. The first-order valence-corrected chi connectivity index (χ1v) is 10.4. The lowest BCUT2D eigenvalue weighted by atomic mass is 9.99. The molecule has 0 aromatic heterocycles. The van der Waals surface area contributed by atoms with Crippen molar-refractivity contribution in [2.45, 2.75) is 37.6 Å². The van der Waals surface area contributed by atoms with Crippen LogP contribution in [0.2, 0.25) is 0 Å². The first kappa shape index (κ1) is 25.2. The molecule has 0 aliphatic carbocycles. The van der Waals surface area contributed by atoms with Crippen LogP contribution in [0.4, 0.5) is 0 Å². The molecule has 1 fully saturated rings. The van der Waals surface area contributed by atoms with Crippen LogP contribution in [0.3, 0.4) is 0 Å². The molecule has 5 atom stereocenters. The van der Waals surface area contributed by atoms with Crippen molar-refractivity contribution in [3.05, 3.63) is 59.7 Å². The Morgan fingerprint density at radius 3 is 2.38 bits per heavy atom. The van der Waals surface area contributed by atoms with E-state index in [4.69, 9.17) is 18.9 Å². The molecule has 3 rings (SSSR count). The Morgan fingerprint density at radius 2 is 1.74 bits per heavy atom. The molecule has 0 saturated carbocycles. The average molecular weight is 474 g/mol. The maximum absolute atomic E-state index is 12.0. The van der Waals surface area contributed by atoms with Crippen molar-refractivity contribution in [1.82, 2.24) is 0 Å². The van der Waals surface area contributed by atoms with Crippen LogP contribution < -0.4 is 9.47 Å². The number of aliphatic hydroxyl groups excluding tert-OH is 3. The van der Waals surface area contributed by atoms with Crippen LogP contribution in [0.25, 0.3) is 6.08 Å². The van der Waals surface area contributed by atoms with Crippen LogP contribution in [0, 0.1) is 0 Å². The molecule has 1 aliphatic heterocycles. The number of benzene rings is 2. The highest BCUT2D eigenvalue weighted by molar-refractivity contribution is 5.97. The molecule has 182 valence electrons. The summed E-state index contributed by atoms with van der Waals surface area (Å²) in [4.78, 5) is 23.7. The number of ketones is 1. The first-order chi connectivity index (χ1) is 16.2. The lowest BCUT2D eigenvalue weighted by molar-refractivity contribution is -0.278. The maximum atomic E-state index is 12.0. The van der Waals surface area contributed by atoms with Gasteiger partial charge in [0.1, 0.15) is 48.3 Å². The third-order valence-corrected chi connectivity index (χ3v) is 5.17. The van der Waals surface area contributed by atoms with Crippen molar-refractivity contribution in [3.63, 3.8) is 0 Å². The molecule has 2 aromatic rings. The molecule has 0 radical (unpaired) electrons. The Bertz CT molecular complexity index is 1030. The zero-order valence-electron chi connectivity index (χ0n) is 18.5. The number of ether oxygens (including phenoxy) is 4. The Kier molecular flexibility index (Phi) is 8.24. The number of hydrogen-bond acceptors (Lipinski definition) is 10. The number of rotatable bonds is 8. The predicted molar refractivity (Wildman–Crippen MR) is 118 cm³/mol. The van der Waals surface area contributed by atoms with E-state index in [1.165, 1.54) is 50.4 Å². The fourth-order valence-corrected chi connectivity index (χ4v) is 3.28. The molecule has 10 heteroatoms. The molecule has 0 amide bonds. The topological polar surface area (TPSA) is 152 Å². The number of esters is 1. The summed E-state index contributed by atoms with van der Waals surface area (Å²) in [6.45, 7) is 0.964. The largest absolute Gasteiger partial charge is 0.508 e. The average Bonchev–Trinajstić information content (AvgIpc) is 2.83. The minimum Gasteiger partial charge on any atom is -0.508 e. The molecule has 0 unspecified atom stereocenters. The highest BCUT2D eigenvalue weighted by Gasteiger charge is 2.45. The summed E-state index contributed by atoms with van der Waals surface area (Å²) in [5.74, 6) is -0.415. The number of hydrogen-bond donors (Lipinski definition) is 4. The summed E-state index contributed by atoms with van der Waals surface area (Å²) in [6.07, 6.45) is -4.73. The van der Waals surface area contributed by atoms with Gasteiger partial charge in [-0.15, -0.1) is 0 Å². The fourth-order valence-electron chi connectivity index (χ4n) is 3.28. The smallest absolute Gasteiger partial charge is 0.330 e. The van der Waals surface area contributed by atoms with Gasteiger partial charge in [0.2, 0.25) is 6.29 Å². The minimum absolute atomic E-state index is 0.0916. The molecule has 1 heterocycles. The van der Waals surface area contributed by atoms with Crippen LogP contribution in [0.15, 0.2) is 48.5 Å². The van der Waals surface area contributed by atoms with Gasteiger partial charge in [-0.2, -0.15) is 0 Å². The van der Waals surface area contributed by atoms with E-state index in [0.717, 1.165) is 6.08 Å². The van der Waals surface area contributed by atoms with E-state index in [1.807, 2.05) is 0 Å². The zero-order valence-corrected chi connectivity index (χ0v) is 18.5. The molecule has 1 aliphatic rings. The van der Waals surface area contributed by atoms with E-state index in [1.54, 1.807) is 12.1 Å². The lowest BCUT2D eigenvalue weighted by Gasteiger charge is -2.39. The predicted octanol–water partition coefficient (Wildman–Crippen LogP) is 1.05. The number of methoxy groups -OCH3 is 1. The number of aromatic hydroxyl groups is 1. The number of phenols is 1. The van der Waals surface area contributed by atoms with E-state index in [2.05, 4.69) is 0 Å². The molecule has 1 saturated heterocycles. The summed E-state index contributed by atoms with van der Waals surface area (Å²) >= 11 is 0. The van der Waals surface area contributed by atoms with E-state index in [9.17, 15) is 30.0 Å². The van der Waals surface area contributed by atoms with Gasteiger partial charge in [-0.05, 0) is 42.8 Å². The van der Waals surface area contributed by atoms with E-state index in [0.29, 0.717) is 11.1 Å². The number of phenolic OH excluding ortho intramolecular Hbond substituents is 1. The van der Waals surface area contributed by atoms with Gasteiger partial charge in [0.25, 0.3) is 0 Å². The molecule has 34 heavy (non-hydrogen) atoms. The molecular formula is C24H26O10.